The van der Waals surface area contributed by atoms with Gasteiger partial charge in [-0.15, -0.1) is 0 Å². The van der Waals surface area contributed by atoms with E-state index < -0.39 is 15.8 Å². The average Bonchev–Trinajstić information content (AvgIpc) is 2.38. The Morgan fingerprint density at radius 1 is 1.18 bits per heavy atom. The van der Waals surface area contributed by atoms with Crippen LogP contribution in [0, 0.1) is 6.92 Å². The molecule has 0 atom stereocenters. The summed E-state index contributed by atoms with van der Waals surface area (Å²) < 4.78 is 22.8. The molecule has 0 saturated heterocycles. The number of hydrogen-bond donors (Lipinski definition) is 2. The Morgan fingerprint density at radius 3 is 2.41 bits per heavy atom. The molecule has 0 unspecified atom stereocenters. The molecule has 1 amide bonds. The zero-order valence-corrected chi connectivity index (χ0v) is 13.6. The summed E-state index contributed by atoms with van der Waals surface area (Å²) in [5, 5.41) is 11.3. The Labute approximate surface area is 130 Å². The fourth-order valence-electron chi connectivity index (χ4n) is 2.03. The molecule has 7 heteroatoms. The van der Waals surface area contributed by atoms with Crippen molar-refractivity contribution >= 4 is 27.4 Å². The Balaban J connectivity index is 2.64. The maximum atomic E-state index is 11.8. The van der Waals surface area contributed by atoms with Crippen LogP contribution in [0.15, 0.2) is 18.2 Å². The van der Waals surface area contributed by atoms with E-state index >= 15 is 0 Å². The number of amides is 1. The molecule has 0 aliphatic rings. The molecule has 6 nitrogen and oxygen atoms in total. The Hall–Kier alpha value is -1.89. The fraction of sp³-hybridized carbons (Fsp3) is 0.467. The summed E-state index contributed by atoms with van der Waals surface area (Å²) in [6.07, 6.45) is 2.41. The van der Waals surface area contributed by atoms with Gasteiger partial charge in [0.15, 0.2) is 9.84 Å². The van der Waals surface area contributed by atoms with Gasteiger partial charge in [-0.3, -0.25) is 9.59 Å². The van der Waals surface area contributed by atoms with Crippen LogP contribution in [0.25, 0.3) is 0 Å². The van der Waals surface area contributed by atoms with Gasteiger partial charge in [0.25, 0.3) is 0 Å². The van der Waals surface area contributed by atoms with Gasteiger partial charge in [-0.1, -0.05) is 12.1 Å². The number of rotatable bonds is 8. The van der Waals surface area contributed by atoms with Crippen LogP contribution in [0.2, 0.25) is 0 Å². The van der Waals surface area contributed by atoms with Gasteiger partial charge in [-0.05, 0) is 37.0 Å². The summed E-state index contributed by atoms with van der Waals surface area (Å²) in [5.74, 6) is -1.14. The first kappa shape index (κ1) is 18.2. The Bertz CT molecular complexity index is 652. The predicted molar refractivity (Wildman–Crippen MR) is 84.5 cm³/mol. The van der Waals surface area contributed by atoms with Crippen molar-refractivity contribution in [2.45, 2.75) is 38.4 Å². The largest absolute Gasteiger partial charge is 0.481 e. The van der Waals surface area contributed by atoms with Crippen LogP contribution in [-0.2, 0) is 25.2 Å². The number of unbranched alkanes of at least 4 members (excludes halogenated alkanes) is 1. The topological polar surface area (TPSA) is 101 Å². The van der Waals surface area contributed by atoms with Crippen molar-refractivity contribution in [3.05, 3.63) is 29.3 Å². The molecule has 0 spiro atoms. The molecule has 0 heterocycles. The molecule has 0 bridgehead atoms. The maximum absolute atomic E-state index is 11.8. The van der Waals surface area contributed by atoms with E-state index in [2.05, 4.69) is 5.32 Å². The molecule has 0 aliphatic carbocycles. The molecule has 0 aliphatic heterocycles. The summed E-state index contributed by atoms with van der Waals surface area (Å²) in [7, 11) is -3.14. The molecule has 0 fully saturated rings. The predicted octanol–water partition coefficient (Wildman–Crippen LogP) is 2.12. The van der Waals surface area contributed by atoms with Gasteiger partial charge in [0, 0.05) is 24.8 Å². The molecule has 0 saturated carbocycles. The molecular formula is C15H21NO5S. The lowest BCUT2D eigenvalue weighted by molar-refractivity contribution is -0.137. The van der Waals surface area contributed by atoms with Crippen molar-refractivity contribution in [2.75, 3.05) is 11.6 Å². The van der Waals surface area contributed by atoms with Gasteiger partial charge >= 0.3 is 5.97 Å². The molecule has 0 aromatic heterocycles. The van der Waals surface area contributed by atoms with Crippen molar-refractivity contribution in [2.24, 2.45) is 0 Å². The highest BCUT2D eigenvalue weighted by Crippen LogP contribution is 2.21. The standard InChI is InChI=1S/C15H21NO5S/c1-11-12(10-22(2,20)21)6-5-7-13(11)16-14(17)8-3-4-9-15(18)19/h5-7H,3-4,8-10H2,1-2H3,(H,16,17)(H,18,19). The number of aliphatic carboxylic acids is 1. The van der Waals surface area contributed by atoms with Crippen LogP contribution in [0.4, 0.5) is 5.69 Å². The number of hydrogen-bond acceptors (Lipinski definition) is 4. The fourth-order valence-corrected chi connectivity index (χ4v) is 2.91. The summed E-state index contributed by atoms with van der Waals surface area (Å²) >= 11 is 0. The first-order valence-corrected chi connectivity index (χ1v) is 9.03. The third kappa shape index (κ3) is 6.71. The van der Waals surface area contributed by atoms with Crippen LogP contribution in [0.1, 0.15) is 36.8 Å². The van der Waals surface area contributed by atoms with Gasteiger partial charge in [-0.2, -0.15) is 0 Å². The van der Waals surface area contributed by atoms with Gasteiger partial charge < -0.3 is 10.4 Å². The smallest absolute Gasteiger partial charge is 0.303 e. The van der Waals surface area contributed by atoms with E-state index in [-0.39, 0.29) is 24.5 Å². The minimum absolute atomic E-state index is 0.0517. The third-order valence-corrected chi connectivity index (χ3v) is 4.02. The number of sulfone groups is 1. The zero-order valence-electron chi connectivity index (χ0n) is 12.8. The molecular weight excluding hydrogens is 306 g/mol. The lowest BCUT2D eigenvalue weighted by atomic mass is 10.1. The van der Waals surface area contributed by atoms with Crippen molar-refractivity contribution in [3.8, 4) is 0 Å². The summed E-state index contributed by atoms with van der Waals surface area (Å²) in [6.45, 7) is 1.76. The lowest BCUT2D eigenvalue weighted by Gasteiger charge is -2.12. The van der Waals surface area contributed by atoms with Crippen LogP contribution in [0.3, 0.4) is 0 Å². The third-order valence-electron chi connectivity index (χ3n) is 3.18. The van der Waals surface area contributed by atoms with Gasteiger partial charge in [-0.25, -0.2) is 8.42 Å². The van der Waals surface area contributed by atoms with Crippen molar-refractivity contribution < 1.29 is 23.1 Å². The number of carbonyl (C=O) groups excluding carboxylic acids is 1. The number of carboxylic acid groups (broad SMARTS) is 1. The molecule has 2 N–H and O–H groups in total. The van der Waals surface area contributed by atoms with Gasteiger partial charge in [0.2, 0.25) is 5.91 Å². The highest BCUT2D eigenvalue weighted by molar-refractivity contribution is 7.89. The Morgan fingerprint density at radius 2 is 1.82 bits per heavy atom. The molecule has 122 valence electrons. The second-order valence-corrected chi connectivity index (χ2v) is 7.45. The van der Waals surface area contributed by atoms with E-state index in [1.165, 1.54) is 6.26 Å². The van der Waals surface area contributed by atoms with Crippen LogP contribution < -0.4 is 5.32 Å². The Kier molecular flexibility index (Phi) is 6.55. The number of anilines is 1. The van der Waals surface area contributed by atoms with Gasteiger partial charge in [0.1, 0.15) is 0 Å². The summed E-state index contributed by atoms with van der Waals surface area (Å²) in [4.78, 5) is 22.2. The molecule has 22 heavy (non-hydrogen) atoms. The first-order valence-electron chi connectivity index (χ1n) is 6.97. The van der Waals surface area contributed by atoms with E-state index in [4.69, 9.17) is 5.11 Å². The highest BCUT2D eigenvalue weighted by atomic mass is 32.2. The van der Waals surface area contributed by atoms with Crippen LogP contribution in [0.5, 0.6) is 0 Å². The van der Waals surface area contributed by atoms with E-state index in [0.717, 1.165) is 5.56 Å². The number of benzene rings is 1. The van der Waals surface area contributed by atoms with Gasteiger partial charge in [0.05, 0.1) is 5.75 Å². The summed E-state index contributed by atoms with van der Waals surface area (Å²) in [6, 6.07) is 5.14. The summed E-state index contributed by atoms with van der Waals surface area (Å²) in [5.41, 5.74) is 1.97. The van der Waals surface area contributed by atoms with Crippen LogP contribution in [-0.4, -0.2) is 31.7 Å². The second kappa shape index (κ2) is 7.93. The van der Waals surface area contributed by atoms with E-state index in [1.54, 1.807) is 25.1 Å². The van der Waals surface area contributed by atoms with Crippen molar-refractivity contribution in [1.82, 2.24) is 0 Å². The van der Waals surface area contributed by atoms with Crippen molar-refractivity contribution in [1.29, 1.82) is 0 Å². The van der Waals surface area contributed by atoms with E-state index in [9.17, 15) is 18.0 Å². The first-order chi connectivity index (χ1) is 10.2. The normalized spacial score (nSPS) is 11.2. The minimum Gasteiger partial charge on any atom is -0.481 e. The average molecular weight is 327 g/mol. The molecule has 1 aromatic rings. The maximum Gasteiger partial charge on any atom is 0.303 e. The number of nitrogens with one attached hydrogen (secondary N) is 1. The van der Waals surface area contributed by atoms with Crippen LogP contribution >= 0.6 is 0 Å². The van der Waals surface area contributed by atoms with E-state index in [0.29, 0.717) is 24.1 Å². The lowest BCUT2D eigenvalue weighted by Crippen LogP contribution is -2.13. The number of carbonyl (C=O) groups is 2. The molecule has 1 aromatic carbocycles. The molecule has 0 radical (unpaired) electrons. The monoisotopic (exact) mass is 327 g/mol. The zero-order chi connectivity index (χ0) is 16.8. The van der Waals surface area contributed by atoms with Crippen molar-refractivity contribution in [3.63, 3.8) is 0 Å². The second-order valence-electron chi connectivity index (χ2n) is 5.31. The van der Waals surface area contributed by atoms with E-state index in [1.807, 2.05) is 0 Å². The highest BCUT2D eigenvalue weighted by Gasteiger charge is 2.11. The minimum atomic E-state index is -3.14. The molecule has 1 rings (SSSR count). The SMILES string of the molecule is Cc1c(CS(C)(=O)=O)cccc1NC(=O)CCCCC(=O)O. The quantitative estimate of drug-likeness (QED) is 0.712. The number of carboxylic acids is 1.